The van der Waals surface area contributed by atoms with Crippen LogP contribution in [-0.2, 0) is 9.47 Å². The van der Waals surface area contributed by atoms with Crippen LogP contribution < -0.4 is 0 Å². The lowest BCUT2D eigenvalue weighted by molar-refractivity contribution is 0.0472. The number of nitrogens with zero attached hydrogens (tertiary/aromatic N) is 2. The Bertz CT molecular complexity index is 188. The summed E-state index contributed by atoms with van der Waals surface area (Å²) in [6.45, 7) is 8.06. The second-order valence-electron chi connectivity index (χ2n) is 4.54. The fourth-order valence-electron chi connectivity index (χ4n) is 1.97. The lowest BCUT2D eigenvalue weighted by Gasteiger charge is -2.26. The molecule has 18 heavy (non-hydrogen) atoms. The van der Waals surface area contributed by atoms with Crippen molar-refractivity contribution >= 4 is 23.5 Å². The molecule has 0 radical (unpaired) electrons. The first-order chi connectivity index (χ1) is 8.95. The molecule has 2 fully saturated rings. The van der Waals surface area contributed by atoms with E-state index in [9.17, 15) is 0 Å². The van der Waals surface area contributed by atoms with Crippen LogP contribution >= 0.6 is 23.5 Å². The van der Waals surface area contributed by atoms with Gasteiger partial charge in [-0.25, -0.2) is 0 Å². The van der Waals surface area contributed by atoms with E-state index in [4.69, 9.17) is 9.47 Å². The number of morpholine rings is 2. The average Bonchev–Trinajstić information content (AvgIpc) is 2.45. The Morgan fingerprint density at radius 1 is 0.667 bits per heavy atom. The zero-order valence-electron chi connectivity index (χ0n) is 11.0. The van der Waals surface area contributed by atoms with Crippen molar-refractivity contribution in [2.45, 2.75) is 0 Å². The van der Waals surface area contributed by atoms with Gasteiger partial charge in [-0.3, -0.25) is 9.80 Å². The maximum absolute atomic E-state index is 5.34. The Hall–Kier alpha value is 0.540. The number of rotatable bonds is 7. The summed E-state index contributed by atoms with van der Waals surface area (Å²) in [5.74, 6) is 4.85. The van der Waals surface area contributed by atoms with Crippen molar-refractivity contribution in [1.29, 1.82) is 0 Å². The highest BCUT2D eigenvalue weighted by molar-refractivity contribution is 8.02. The molecule has 2 heterocycles. The van der Waals surface area contributed by atoms with Gasteiger partial charge in [-0.05, 0) is 0 Å². The van der Waals surface area contributed by atoms with Crippen LogP contribution in [0.4, 0.5) is 0 Å². The van der Waals surface area contributed by atoms with Gasteiger partial charge >= 0.3 is 0 Å². The summed E-state index contributed by atoms with van der Waals surface area (Å²) in [4.78, 5) is 4.97. The van der Waals surface area contributed by atoms with Gasteiger partial charge in [0.15, 0.2) is 0 Å². The fraction of sp³-hybridized carbons (Fsp3) is 1.00. The molecule has 2 saturated heterocycles. The van der Waals surface area contributed by atoms with Gasteiger partial charge in [0, 0.05) is 49.4 Å². The van der Waals surface area contributed by atoms with E-state index in [1.165, 1.54) is 23.3 Å². The van der Waals surface area contributed by atoms with Gasteiger partial charge in [0.25, 0.3) is 0 Å². The smallest absolute Gasteiger partial charge is 0.0594 e. The summed E-state index contributed by atoms with van der Waals surface area (Å²) in [6, 6.07) is 0. The molecule has 0 unspecified atom stereocenters. The minimum absolute atomic E-state index is 0.909. The zero-order valence-corrected chi connectivity index (χ0v) is 12.6. The average molecular weight is 292 g/mol. The van der Waals surface area contributed by atoms with Crippen LogP contribution in [0.25, 0.3) is 0 Å². The highest BCUT2D eigenvalue weighted by Crippen LogP contribution is 2.12. The molecule has 6 heteroatoms. The SMILES string of the molecule is C1CN(CSCCSCN2CCOCC2)CCO1. The quantitative estimate of drug-likeness (QED) is 0.650. The van der Waals surface area contributed by atoms with E-state index in [-0.39, 0.29) is 0 Å². The van der Waals surface area contributed by atoms with Crippen molar-refractivity contribution in [3.8, 4) is 0 Å². The Balaban J connectivity index is 1.39. The molecular weight excluding hydrogens is 268 g/mol. The van der Waals surface area contributed by atoms with Crippen LogP contribution in [0.5, 0.6) is 0 Å². The summed E-state index contributed by atoms with van der Waals surface area (Å²) >= 11 is 4.11. The van der Waals surface area contributed by atoms with Gasteiger partial charge in [0.05, 0.1) is 26.4 Å². The summed E-state index contributed by atoms with van der Waals surface area (Å²) < 4.78 is 10.7. The lowest BCUT2D eigenvalue weighted by atomic mass is 10.5. The third-order valence-corrected chi connectivity index (χ3v) is 5.47. The van der Waals surface area contributed by atoms with Crippen LogP contribution in [-0.4, -0.2) is 85.7 Å². The number of ether oxygens (including phenoxy) is 2. The van der Waals surface area contributed by atoms with Gasteiger partial charge in [-0.15, -0.1) is 23.5 Å². The van der Waals surface area contributed by atoms with E-state index < -0.39 is 0 Å². The number of thioether (sulfide) groups is 2. The summed E-state index contributed by atoms with van der Waals surface area (Å²) in [7, 11) is 0. The zero-order chi connectivity index (χ0) is 12.5. The second kappa shape index (κ2) is 9.44. The van der Waals surface area contributed by atoms with E-state index in [1.807, 2.05) is 0 Å². The molecule has 0 aliphatic carbocycles. The Kier molecular flexibility index (Phi) is 7.84. The predicted octanol–water partition coefficient (Wildman–Crippen LogP) is 1.03. The summed E-state index contributed by atoms with van der Waals surface area (Å²) in [6.07, 6.45) is 0. The normalized spacial score (nSPS) is 23.3. The minimum atomic E-state index is 0.909. The maximum Gasteiger partial charge on any atom is 0.0594 e. The van der Waals surface area contributed by atoms with Crippen molar-refractivity contribution in [2.24, 2.45) is 0 Å². The largest absolute Gasteiger partial charge is 0.379 e. The van der Waals surface area contributed by atoms with Crippen molar-refractivity contribution < 1.29 is 9.47 Å². The highest BCUT2D eigenvalue weighted by Gasteiger charge is 2.10. The molecule has 0 amide bonds. The first-order valence-corrected chi connectivity index (χ1v) is 9.02. The van der Waals surface area contributed by atoms with Gasteiger partial charge < -0.3 is 9.47 Å². The first-order valence-electron chi connectivity index (χ1n) is 6.71. The summed E-state index contributed by atoms with van der Waals surface area (Å²) in [5, 5.41) is 0. The fourth-order valence-corrected chi connectivity index (χ4v) is 4.20. The van der Waals surface area contributed by atoms with Crippen LogP contribution in [0.3, 0.4) is 0 Å². The molecule has 106 valence electrons. The van der Waals surface area contributed by atoms with Crippen molar-refractivity contribution in [1.82, 2.24) is 9.80 Å². The van der Waals surface area contributed by atoms with E-state index in [2.05, 4.69) is 33.3 Å². The Morgan fingerprint density at radius 3 is 1.44 bits per heavy atom. The van der Waals surface area contributed by atoms with Crippen molar-refractivity contribution in [3.63, 3.8) is 0 Å². The van der Waals surface area contributed by atoms with E-state index in [1.54, 1.807) is 0 Å². The second-order valence-corrected chi connectivity index (χ2v) is 6.68. The molecule has 0 aromatic rings. The Morgan fingerprint density at radius 2 is 1.06 bits per heavy atom. The molecule has 0 spiro atoms. The van der Waals surface area contributed by atoms with Crippen molar-refractivity contribution in [3.05, 3.63) is 0 Å². The highest BCUT2D eigenvalue weighted by atomic mass is 32.2. The molecule has 0 atom stereocenters. The monoisotopic (exact) mass is 292 g/mol. The third kappa shape index (κ3) is 6.12. The van der Waals surface area contributed by atoms with Crippen LogP contribution in [0, 0.1) is 0 Å². The Labute approximate surface area is 119 Å². The van der Waals surface area contributed by atoms with Gasteiger partial charge in [-0.2, -0.15) is 0 Å². The molecule has 0 aromatic heterocycles. The summed E-state index contributed by atoms with van der Waals surface area (Å²) in [5.41, 5.74) is 0. The molecule has 4 nitrogen and oxygen atoms in total. The predicted molar refractivity (Wildman–Crippen MR) is 79.4 cm³/mol. The topological polar surface area (TPSA) is 24.9 Å². The molecule has 2 aliphatic heterocycles. The van der Waals surface area contributed by atoms with E-state index >= 15 is 0 Å². The third-order valence-electron chi connectivity index (χ3n) is 3.13. The van der Waals surface area contributed by atoms with Crippen molar-refractivity contribution in [2.75, 3.05) is 75.9 Å². The maximum atomic E-state index is 5.34. The standard InChI is InChI=1S/C12H24N2O2S2/c1-5-15-6-2-13(1)11-17-9-10-18-12-14-3-7-16-8-4-14/h1-12H2. The van der Waals surface area contributed by atoms with Crippen LogP contribution in [0.15, 0.2) is 0 Å². The van der Waals surface area contributed by atoms with Gasteiger partial charge in [-0.1, -0.05) is 0 Å². The lowest BCUT2D eigenvalue weighted by Crippen LogP contribution is -2.36. The van der Waals surface area contributed by atoms with Gasteiger partial charge in [0.1, 0.15) is 0 Å². The molecule has 0 aromatic carbocycles. The molecule has 0 bridgehead atoms. The number of hydrogen-bond acceptors (Lipinski definition) is 6. The first kappa shape index (κ1) is 14.9. The van der Waals surface area contributed by atoms with E-state index in [0.29, 0.717) is 0 Å². The van der Waals surface area contributed by atoms with Crippen LogP contribution in [0.1, 0.15) is 0 Å². The molecule has 0 saturated carbocycles. The number of hydrogen-bond donors (Lipinski definition) is 0. The minimum Gasteiger partial charge on any atom is -0.379 e. The molecule has 2 rings (SSSR count). The molecule has 0 N–H and O–H groups in total. The van der Waals surface area contributed by atoms with Gasteiger partial charge in [0.2, 0.25) is 0 Å². The molecular formula is C12H24N2O2S2. The van der Waals surface area contributed by atoms with Crippen LogP contribution in [0.2, 0.25) is 0 Å². The molecule has 2 aliphatic rings. The van der Waals surface area contributed by atoms with E-state index in [0.717, 1.165) is 52.6 Å².